The van der Waals surface area contributed by atoms with Crippen molar-refractivity contribution in [2.75, 3.05) is 0 Å². The summed E-state index contributed by atoms with van der Waals surface area (Å²) < 4.78 is 0. The molecule has 0 aromatic heterocycles. The zero-order chi connectivity index (χ0) is 6.53. The zero-order valence-electron chi connectivity index (χ0n) is 5.58. The molecule has 3 heteroatoms. The summed E-state index contributed by atoms with van der Waals surface area (Å²) in [4.78, 5) is 0. The summed E-state index contributed by atoms with van der Waals surface area (Å²) in [5.74, 6) is 5.11. The molecule has 0 heterocycles. The molecule has 0 unspecified atom stereocenters. The molecule has 1 aromatic carbocycles. The molecule has 56 valence electrons. The highest BCUT2D eigenvalue weighted by Crippen LogP contribution is 1.95. The quantitative estimate of drug-likeness (QED) is 0.471. The van der Waals surface area contributed by atoms with Gasteiger partial charge in [-0.1, -0.05) is 30.3 Å². The summed E-state index contributed by atoms with van der Waals surface area (Å²) in [5, 5.41) is 0. The second-order valence-corrected chi connectivity index (χ2v) is 1.87. The summed E-state index contributed by atoms with van der Waals surface area (Å²) in [6.07, 6.45) is 0. The van der Waals surface area contributed by atoms with Crippen molar-refractivity contribution in [3.63, 3.8) is 0 Å². The lowest BCUT2D eigenvalue weighted by molar-refractivity contribution is 0.741. The van der Waals surface area contributed by atoms with Crippen LogP contribution in [-0.2, 0) is 6.54 Å². The van der Waals surface area contributed by atoms with Gasteiger partial charge in [0.25, 0.3) is 0 Å². The average molecular weight is 250 g/mol. The number of halogens is 1. The van der Waals surface area contributed by atoms with Gasteiger partial charge in [-0.2, -0.15) is 0 Å². The van der Waals surface area contributed by atoms with Crippen molar-refractivity contribution in [2.45, 2.75) is 6.54 Å². The van der Waals surface area contributed by atoms with Crippen molar-refractivity contribution >= 4 is 24.0 Å². The van der Waals surface area contributed by atoms with E-state index in [9.17, 15) is 0 Å². The molecule has 0 aliphatic carbocycles. The van der Waals surface area contributed by atoms with Gasteiger partial charge in [0, 0.05) is 6.54 Å². The molecule has 0 radical (unpaired) electrons. The number of hydrazine groups is 1. The summed E-state index contributed by atoms with van der Waals surface area (Å²) in [5.41, 5.74) is 3.79. The highest BCUT2D eigenvalue weighted by molar-refractivity contribution is 14.0. The van der Waals surface area contributed by atoms with E-state index in [0.29, 0.717) is 0 Å². The van der Waals surface area contributed by atoms with Crippen LogP contribution in [0.5, 0.6) is 0 Å². The van der Waals surface area contributed by atoms with Gasteiger partial charge in [0.15, 0.2) is 0 Å². The second-order valence-electron chi connectivity index (χ2n) is 1.87. The van der Waals surface area contributed by atoms with Gasteiger partial charge in [0.2, 0.25) is 0 Å². The van der Waals surface area contributed by atoms with E-state index in [4.69, 9.17) is 5.84 Å². The highest BCUT2D eigenvalue weighted by Gasteiger charge is 1.83. The molecule has 0 atom stereocenters. The molecule has 0 aliphatic heterocycles. The number of rotatable bonds is 2. The third kappa shape index (κ3) is 3.14. The van der Waals surface area contributed by atoms with Gasteiger partial charge in [-0.05, 0) is 5.56 Å². The van der Waals surface area contributed by atoms with Crippen LogP contribution >= 0.6 is 24.0 Å². The monoisotopic (exact) mass is 250 g/mol. The summed E-state index contributed by atoms with van der Waals surface area (Å²) in [6.45, 7) is 0.737. The van der Waals surface area contributed by atoms with Gasteiger partial charge in [-0.25, -0.2) is 0 Å². The van der Waals surface area contributed by atoms with Crippen LogP contribution in [0.2, 0.25) is 0 Å². The predicted molar refractivity (Wildman–Crippen MR) is 52.9 cm³/mol. The van der Waals surface area contributed by atoms with Crippen LogP contribution in [0, 0.1) is 0 Å². The maximum atomic E-state index is 5.11. The van der Waals surface area contributed by atoms with Gasteiger partial charge < -0.3 is 0 Å². The van der Waals surface area contributed by atoms with Gasteiger partial charge in [0.1, 0.15) is 0 Å². The smallest absolute Gasteiger partial charge is 0.0348 e. The molecule has 2 nitrogen and oxygen atoms in total. The van der Waals surface area contributed by atoms with Crippen molar-refractivity contribution in [1.29, 1.82) is 0 Å². The van der Waals surface area contributed by atoms with E-state index < -0.39 is 0 Å². The van der Waals surface area contributed by atoms with E-state index in [2.05, 4.69) is 5.43 Å². The maximum Gasteiger partial charge on any atom is 0.0348 e. The molecule has 0 saturated heterocycles. The Morgan fingerprint density at radius 1 is 1.20 bits per heavy atom. The first kappa shape index (κ1) is 9.87. The molecule has 10 heavy (non-hydrogen) atoms. The lowest BCUT2D eigenvalue weighted by Gasteiger charge is -1.95. The molecule has 1 rings (SSSR count). The van der Waals surface area contributed by atoms with Crippen molar-refractivity contribution < 1.29 is 0 Å². The Morgan fingerprint density at radius 3 is 2.30 bits per heavy atom. The van der Waals surface area contributed by atoms with Crippen LogP contribution in [0.4, 0.5) is 0 Å². The van der Waals surface area contributed by atoms with E-state index in [1.54, 1.807) is 0 Å². The molecule has 0 fully saturated rings. The van der Waals surface area contributed by atoms with Crippen molar-refractivity contribution in [1.82, 2.24) is 5.43 Å². The minimum Gasteiger partial charge on any atom is -0.271 e. The first-order chi connectivity index (χ1) is 4.43. The summed E-state index contributed by atoms with van der Waals surface area (Å²) >= 11 is 0. The molecular formula is C7H11IN2. The van der Waals surface area contributed by atoms with Crippen molar-refractivity contribution in [3.05, 3.63) is 35.9 Å². The number of hydrogen-bond acceptors (Lipinski definition) is 2. The number of nitrogens with two attached hydrogens (primary N) is 1. The minimum atomic E-state index is 0. The first-order valence-corrected chi connectivity index (χ1v) is 2.91. The fourth-order valence-corrected chi connectivity index (χ4v) is 0.714. The molecular weight excluding hydrogens is 239 g/mol. The van der Waals surface area contributed by atoms with E-state index in [-0.39, 0.29) is 24.0 Å². The van der Waals surface area contributed by atoms with Gasteiger partial charge >= 0.3 is 0 Å². The fraction of sp³-hybridized carbons (Fsp3) is 0.143. The predicted octanol–water partition coefficient (Wildman–Crippen LogP) is 1.27. The van der Waals surface area contributed by atoms with Crippen molar-refractivity contribution in [2.24, 2.45) is 5.84 Å². The molecule has 3 N–H and O–H groups in total. The molecule has 0 bridgehead atoms. The van der Waals surface area contributed by atoms with E-state index >= 15 is 0 Å². The Hall–Kier alpha value is -0.130. The third-order valence-electron chi connectivity index (χ3n) is 1.15. The van der Waals surface area contributed by atoms with Gasteiger partial charge in [-0.3, -0.25) is 11.3 Å². The van der Waals surface area contributed by atoms with Gasteiger partial charge in [-0.15, -0.1) is 24.0 Å². The van der Waals surface area contributed by atoms with Crippen LogP contribution in [0.1, 0.15) is 5.56 Å². The van der Waals surface area contributed by atoms with Crippen molar-refractivity contribution in [3.8, 4) is 0 Å². The molecule has 0 spiro atoms. The fourth-order valence-electron chi connectivity index (χ4n) is 0.714. The summed E-state index contributed by atoms with van der Waals surface area (Å²) in [7, 11) is 0. The Bertz CT molecular complexity index is 165. The molecule has 1 aromatic rings. The Labute approximate surface area is 77.8 Å². The highest BCUT2D eigenvalue weighted by atomic mass is 127. The zero-order valence-corrected chi connectivity index (χ0v) is 7.91. The third-order valence-corrected chi connectivity index (χ3v) is 1.15. The normalized spacial score (nSPS) is 8.50. The molecule has 0 aliphatic rings. The molecule has 0 amide bonds. The standard InChI is InChI=1S/C7H10N2.HI/c8-9-6-7-4-2-1-3-5-7;/h1-5,9H,6,8H2;1H. The largest absolute Gasteiger partial charge is 0.271 e. The maximum absolute atomic E-state index is 5.11. The average Bonchev–Trinajstić information content (AvgIpc) is 1.91. The van der Waals surface area contributed by atoms with E-state index in [1.165, 1.54) is 5.56 Å². The van der Waals surface area contributed by atoms with E-state index in [0.717, 1.165) is 6.54 Å². The van der Waals surface area contributed by atoms with Crippen LogP contribution in [-0.4, -0.2) is 0 Å². The minimum absolute atomic E-state index is 0. The van der Waals surface area contributed by atoms with Gasteiger partial charge in [0.05, 0.1) is 0 Å². The second kappa shape index (κ2) is 5.64. The Balaban J connectivity index is 0.000000810. The number of hydrogen-bond donors (Lipinski definition) is 2. The number of nitrogens with one attached hydrogen (secondary N) is 1. The molecule has 0 saturated carbocycles. The van der Waals surface area contributed by atoms with Crippen LogP contribution in [0.3, 0.4) is 0 Å². The van der Waals surface area contributed by atoms with Crippen LogP contribution in [0.15, 0.2) is 30.3 Å². The Morgan fingerprint density at radius 2 is 1.80 bits per heavy atom. The number of benzene rings is 1. The van der Waals surface area contributed by atoms with Crippen LogP contribution in [0.25, 0.3) is 0 Å². The SMILES string of the molecule is I.NNCc1ccccc1. The topological polar surface area (TPSA) is 38.0 Å². The lowest BCUT2D eigenvalue weighted by atomic mass is 10.2. The summed E-state index contributed by atoms with van der Waals surface area (Å²) in [6, 6.07) is 10.0. The van der Waals surface area contributed by atoms with E-state index in [1.807, 2.05) is 30.3 Å². The van der Waals surface area contributed by atoms with Crippen LogP contribution < -0.4 is 11.3 Å². The Kier molecular flexibility index (Phi) is 5.57. The lowest BCUT2D eigenvalue weighted by Crippen LogP contribution is -2.20. The first-order valence-electron chi connectivity index (χ1n) is 2.91.